The van der Waals surface area contributed by atoms with Gasteiger partial charge in [-0.3, -0.25) is 0 Å². The summed E-state index contributed by atoms with van der Waals surface area (Å²) in [4.78, 5) is 11.0. The number of thiocarbonyl (C=S) groups is 2. The van der Waals surface area contributed by atoms with E-state index in [0.29, 0.717) is 5.05 Å². The average molecular weight is 313 g/mol. The Morgan fingerprint density at radius 2 is 1.73 bits per heavy atom. The molecule has 0 bridgehead atoms. The molecule has 0 aliphatic carbocycles. The summed E-state index contributed by atoms with van der Waals surface area (Å²) in [7, 11) is 2.90. The molecular weight excluding hydrogens is 299 g/mol. The molecule has 0 saturated heterocycles. The molecule has 0 rings (SSSR count). The van der Waals surface area contributed by atoms with Crippen molar-refractivity contribution in [1.29, 1.82) is 0 Å². The van der Waals surface area contributed by atoms with Crippen molar-refractivity contribution in [3.63, 3.8) is 0 Å². The zero-order valence-electron chi connectivity index (χ0n) is 9.10. The molecular formula is C9H14O3S2Se. The number of methoxy groups -OCH3 is 2. The number of hydrogen-bond donors (Lipinski definition) is 0. The predicted octanol–water partition coefficient (Wildman–Crippen LogP) is 1.61. The number of esters is 1. The van der Waals surface area contributed by atoms with Gasteiger partial charge in [-0.2, -0.15) is 0 Å². The molecule has 0 N–H and O–H groups in total. The molecule has 0 amide bonds. The Labute approximate surface area is 107 Å². The molecule has 0 saturated carbocycles. The third kappa shape index (κ3) is 5.02. The van der Waals surface area contributed by atoms with Crippen molar-refractivity contribution < 1.29 is 14.3 Å². The maximum absolute atomic E-state index is 11.2. The molecule has 2 atom stereocenters. The molecule has 86 valence electrons. The molecule has 0 aromatic rings. The summed E-state index contributed by atoms with van der Waals surface area (Å²) >= 11 is 10.1. The van der Waals surface area contributed by atoms with Crippen LogP contribution in [-0.4, -0.2) is 44.0 Å². The summed E-state index contributed by atoms with van der Waals surface area (Å²) in [6.07, 6.45) is 0. The Morgan fingerprint density at radius 3 is 2.13 bits per heavy atom. The van der Waals surface area contributed by atoms with Crippen LogP contribution in [0.25, 0.3) is 0 Å². The first kappa shape index (κ1) is 15.0. The Kier molecular flexibility index (Phi) is 7.26. The molecule has 6 heteroatoms. The van der Waals surface area contributed by atoms with E-state index in [-0.39, 0.29) is 31.7 Å². The van der Waals surface area contributed by atoms with E-state index in [4.69, 9.17) is 29.2 Å². The molecule has 0 radical (unpaired) electrons. The van der Waals surface area contributed by atoms with Crippen LogP contribution in [0, 0.1) is 5.92 Å². The summed E-state index contributed by atoms with van der Waals surface area (Å²) in [5, 5.41) is 0.471. The molecule has 2 unspecified atom stereocenters. The molecule has 0 aliphatic rings. The second-order valence-electron chi connectivity index (χ2n) is 2.85. The quantitative estimate of drug-likeness (QED) is 0.438. The van der Waals surface area contributed by atoms with Gasteiger partial charge < -0.3 is 0 Å². The minimum atomic E-state index is -0.229. The fraction of sp³-hybridized carbons (Fsp3) is 0.667. The van der Waals surface area contributed by atoms with E-state index in [9.17, 15) is 4.79 Å². The first-order valence-corrected chi connectivity index (χ1v) is 6.96. The third-order valence-electron chi connectivity index (χ3n) is 1.73. The molecule has 3 nitrogen and oxygen atoms in total. The summed E-state index contributed by atoms with van der Waals surface area (Å²) in [6.45, 7) is 3.70. The van der Waals surface area contributed by atoms with Gasteiger partial charge in [0.15, 0.2) is 0 Å². The molecule has 0 aromatic carbocycles. The van der Waals surface area contributed by atoms with Crippen LogP contribution in [0.5, 0.6) is 0 Å². The van der Waals surface area contributed by atoms with E-state index in [1.165, 1.54) is 14.2 Å². The monoisotopic (exact) mass is 314 g/mol. The zero-order valence-corrected chi connectivity index (χ0v) is 12.5. The van der Waals surface area contributed by atoms with E-state index in [2.05, 4.69) is 4.74 Å². The van der Waals surface area contributed by atoms with E-state index in [1.54, 1.807) is 6.92 Å². The number of carbonyl (C=O) groups is 1. The van der Waals surface area contributed by atoms with Crippen molar-refractivity contribution in [2.45, 2.75) is 18.7 Å². The molecule has 0 heterocycles. The molecule has 15 heavy (non-hydrogen) atoms. The van der Waals surface area contributed by atoms with Gasteiger partial charge in [0.05, 0.1) is 0 Å². The Bertz CT molecular complexity index is 268. The van der Waals surface area contributed by atoms with Gasteiger partial charge in [0.25, 0.3) is 0 Å². The van der Waals surface area contributed by atoms with Gasteiger partial charge in [0, 0.05) is 0 Å². The van der Waals surface area contributed by atoms with E-state index in [0.717, 1.165) is 3.76 Å². The van der Waals surface area contributed by atoms with Crippen molar-refractivity contribution in [2.24, 2.45) is 5.92 Å². The Hall–Kier alpha value is -0.0305. The van der Waals surface area contributed by atoms with Crippen LogP contribution >= 0.6 is 24.4 Å². The van der Waals surface area contributed by atoms with Gasteiger partial charge in [0.1, 0.15) is 0 Å². The van der Waals surface area contributed by atoms with Gasteiger partial charge >= 0.3 is 107 Å². The zero-order chi connectivity index (χ0) is 12.0. The number of rotatable bonds is 5. The molecule has 0 aromatic heterocycles. The van der Waals surface area contributed by atoms with Crippen molar-refractivity contribution in [1.82, 2.24) is 0 Å². The summed E-state index contributed by atoms with van der Waals surface area (Å²) in [5.41, 5.74) is 0. The van der Waals surface area contributed by atoms with Crippen molar-refractivity contribution in [3.8, 4) is 0 Å². The maximum atomic E-state index is 11.2. The topological polar surface area (TPSA) is 35.5 Å². The van der Waals surface area contributed by atoms with Crippen LogP contribution in [0.3, 0.4) is 0 Å². The van der Waals surface area contributed by atoms with Gasteiger partial charge in [-0.05, 0) is 0 Å². The number of hydrogen-bond acceptors (Lipinski definition) is 5. The Morgan fingerprint density at radius 1 is 1.20 bits per heavy atom. The normalized spacial score (nSPS) is 13.9. The van der Waals surface area contributed by atoms with E-state index in [1.807, 2.05) is 6.92 Å². The van der Waals surface area contributed by atoms with E-state index >= 15 is 0 Å². The van der Waals surface area contributed by atoms with Crippen LogP contribution < -0.4 is 0 Å². The molecule has 0 spiro atoms. The van der Waals surface area contributed by atoms with Crippen LogP contribution in [0.2, 0.25) is 4.82 Å². The first-order chi connectivity index (χ1) is 6.93. The van der Waals surface area contributed by atoms with Crippen LogP contribution in [0.1, 0.15) is 13.8 Å². The van der Waals surface area contributed by atoms with Crippen molar-refractivity contribution in [2.75, 3.05) is 14.2 Å². The standard InChI is InChI=1S/C9H14O3S2Se/c1-5(8(13)12-4)9(14)15-6(2)7(10)11-3/h5-6H,1-4H3. The summed E-state index contributed by atoms with van der Waals surface area (Å²) in [5.74, 6) is -0.292. The SMILES string of the molecule is COC(=O)C(C)[Se]C(=S)C(C)C(=S)OC. The van der Waals surface area contributed by atoms with Crippen LogP contribution in [-0.2, 0) is 14.3 Å². The van der Waals surface area contributed by atoms with Gasteiger partial charge in [-0.25, -0.2) is 0 Å². The number of ether oxygens (including phenoxy) is 2. The second-order valence-corrected chi connectivity index (χ2v) is 7.17. The van der Waals surface area contributed by atoms with Crippen LogP contribution in [0.15, 0.2) is 0 Å². The first-order valence-electron chi connectivity index (χ1n) is 4.30. The van der Waals surface area contributed by atoms with Gasteiger partial charge in [0.2, 0.25) is 0 Å². The Balaban J connectivity index is 4.24. The molecule has 0 fully saturated rings. The fourth-order valence-corrected chi connectivity index (χ4v) is 3.77. The van der Waals surface area contributed by atoms with Crippen molar-refractivity contribution >= 4 is 54.2 Å². The fourth-order valence-electron chi connectivity index (χ4n) is 0.763. The predicted molar refractivity (Wildman–Crippen MR) is 68.6 cm³/mol. The summed E-state index contributed by atoms with van der Waals surface area (Å²) in [6, 6.07) is 0. The van der Waals surface area contributed by atoms with Gasteiger partial charge in [-0.15, -0.1) is 0 Å². The summed E-state index contributed by atoms with van der Waals surface area (Å²) < 4.78 is 10.4. The van der Waals surface area contributed by atoms with E-state index < -0.39 is 0 Å². The van der Waals surface area contributed by atoms with Crippen LogP contribution in [0.4, 0.5) is 0 Å². The third-order valence-corrected chi connectivity index (χ3v) is 5.48. The number of carbonyl (C=O) groups excluding carboxylic acids is 1. The minimum absolute atomic E-state index is 0.0629. The van der Waals surface area contributed by atoms with Gasteiger partial charge in [-0.1, -0.05) is 0 Å². The van der Waals surface area contributed by atoms with Crippen molar-refractivity contribution in [3.05, 3.63) is 0 Å². The average Bonchev–Trinajstić information content (AvgIpc) is 2.25. The molecule has 0 aliphatic heterocycles. The second kappa shape index (κ2) is 7.28.